The molecule has 2 nitrogen and oxygen atoms in total. The molecule has 0 amide bonds. The molecule has 1 aromatic rings. The molecular formula is C5H12ClNOS. The van der Waals surface area contributed by atoms with Gasteiger partial charge in [-0.1, -0.05) is 0 Å². The van der Waals surface area contributed by atoms with Gasteiger partial charge >= 0.3 is 0 Å². The minimum absolute atomic E-state index is 0. The highest BCUT2D eigenvalue weighted by Gasteiger charge is 1.58. The van der Waals surface area contributed by atoms with Crippen LogP contribution in [0, 0.1) is 0 Å². The van der Waals surface area contributed by atoms with Crippen molar-refractivity contribution in [3.05, 3.63) is 24.7 Å². The summed E-state index contributed by atoms with van der Waals surface area (Å²) in [5, 5.41) is 0. The molecule has 0 aromatic carbocycles. The van der Waals surface area contributed by atoms with Crippen LogP contribution in [0.4, 0.5) is 0 Å². The minimum Gasteiger partial charge on any atom is -0.473 e. The Bertz CT molecular complexity index is 73.4. The first kappa shape index (κ1) is 15.9. The molecule has 56 valence electrons. The maximum atomic E-state index is 4.58. The van der Waals surface area contributed by atoms with Gasteiger partial charge in [0, 0.05) is 0 Å². The van der Waals surface area contributed by atoms with Crippen LogP contribution >= 0.6 is 25.9 Å². The van der Waals surface area contributed by atoms with E-state index in [4.69, 9.17) is 0 Å². The Morgan fingerprint density at radius 1 is 1.11 bits per heavy atom. The van der Waals surface area contributed by atoms with Crippen molar-refractivity contribution in [2.75, 3.05) is 7.05 Å². The zero-order chi connectivity index (χ0) is 5.54. The fraction of sp³-hybridized carbons (Fsp3) is 0.200. The second kappa shape index (κ2) is 15.7. The van der Waals surface area contributed by atoms with Crippen LogP contribution < -0.4 is 5.73 Å². The van der Waals surface area contributed by atoms with E-state index in [2.05, 4.69) is 10.2 Å². The number of hydrogen-bond acceptors (Lipinski definition) is 2. The van der Waals surface area contributed by atoms with Crippen molar-refractivity contribution in [3.8, 4) is 0 Å². The van der Waals surface area contributed by atoms with Crippen molar-refractivity contribution in [3.63, 3.8) is 0 Å². The Balaban J connectivity index is -0.0000000836. The van der Waals surface area contributed by atoms with Crippen LogP contribution in [0.2, 0.25) is 0 Å². The molecule has 0 saturated heterocycles. The third kappa shape index (κ3) is 11.4. The molecule has 0 saturated carbocycles. The summed E-state index contributed by atoms with van der Waals surface area (Å²) in [6.07, 6.45) is 3.25. The van der Waals surface area contributed by atoms with Crippen LogP contribution in [0.1, 0.15) is 0 Å². The zero-order valence-electron chi connectivity index (χ0n) is 5.20. The second-order valence-electron chi connectivity index (χ2n) is 0.793. The van der Waals surface area contributed by atoms with Gasteiger partial charge in [-0.3, -0.25) is 0 Å². The van der Waals surface area contributed by atoms with Crippen molar-refractivity contribution in [1.29, 1.82) is 0 Å². The van der Waals surface area contributed by atoms with Crippen LogP contribution in [0.25, 0.3) is 0 Å². The van der Waals surface area contributed by atoms with Crippen molar-refractivity contribution in [1.82, 2.24) is 0 Å². The number of halogens is 1. The van der Waals surface area contributed by atoms with Crippen molar-refractivity contribution in [2.45, 2.75) is 0 Å². The third-order valence-corrected chi connectivity index (χ3v) is 0.425. The molecule has 9 heavy (non-hydrogen) atoms. The van der Waals surface area contributed by atoms with E-state index in [1.807, 2.05) is 12.1 Å². The molecule has 0 spiro atoms. The Labute approximate surface area is 68.3 Å². The standard InChI is InChI=1S/C4H4O.CH5N.ClH.H2S/c1-2-4-5-3-1;1-2;;/h1-4H;2H2,1H3;1H;1H2. The summed E-state index contributed by atoms with van der Waals surface area (Å²) >= 11 is 0. The molecule has 0 radical (unpaired) electrons. The van der Waals surface area contributed by atoms with Gasteiger partial charge in [0.05, 0.1) is 12.5 Å². The van der Waals surface area contributed by atoms with Gasteiger partial charge in [-0.25, -0.2) is 0 Å². The lowest BCUT2D eigenvalue weighted by Gasteiger charge is -1.50. The van der Waals surface area contributed by atoms with Gasteiger partial charge in [0.15, 0.2) is 0 Å². The molecule has 0 aliphatic heterocycles. The van der Waals surface area contributed by atoms with E-state index in [1.165, 1.54) is 7.05 Å². The van der Waals surface area contributed by atoms with E-state index in [0.29, 0.717) is 0 Å². The number of furan rings is 1. The monoisotopic (exact) mass is 169 g/mol. The summed E-state index contributed by atoms with van der Waals surface area (Å²) in [6, 6.07) is 3.67. The number of hydrogen-bond donors (Lipinski definition) is 1. The lowest BCUT2D eigenvalue weighted by Crippen LogP contribution is -1.69. The first-order valence-electron chi connectivity index (χ1n) is 2.05. The minimum atomic E-state index is 0. The maximum Gasteiger partial charge on any atom is 0.0902 e. The van der Waals surface area contributed by atoms with E-state index in [-0.39, 0.29) is 25.9 Å². The molecule has 0 bridgehead atoms. The van der Waals surface area contributed by atoms with Gasteiger partial charge in [-0.05, 0) is 19.2 Å². The predicted octanol–water partition coefficient (Wildman–Crippen LogP) is 1.39. The van der Waals surface area contributed by atoms with E-state index < -0.39 is 0 Å². The summed E-state index contributed by atoms with van der Waals surface area (Å²) in [6.45, 7) is 0. The van der Waals surface area contributed by atoms with Crippen LogP contribution in [-0.4, -0.2) is 7.05 Å². The van der Waals surface area contributed by atoms with E-state index in [9.17, 15) is 0 Å². The Morgan fingerprint density at radius 2 is 1.44 bits per heavy atom. The average molecular weight is 170 g/mol. The molecule has 0 unspecified atom stereocenters. The molecule has 0 aliphatic rings. The lowest BCUT2D eigenvalue weighted by molar-refractivity contribution is 0.567. The van der Waals surface area contributed by atoms with Crippen LogP contribution in [0.5, 0.6) is 0 Å². The van der Waals surface area contributed by atoms with E-state index >= 15 is 0 Å². The summed E-state index contributed by atoms with van der Waals surface area (Å²) in [5.41, 5.74) is 4.50. The summed E-state index contributed by atoms with van der Waals surface area (Å²) in [7, 11) is 1.50. The van der Waals surface area contributed by atoms with Gasteiger partial charge in [0.2, 0.25) is 0 Å². The van der Waals surface area contributed by atoms with E-state index in [1.54, 1.807) is 12.5 Å². The van der Waals surface area contributed by atoms with Crippen LogP contribution in [0.3, 0.4) is 0 Å². The zero-order valence-corrected chi connectivity index (χ0v) is 7.02. The topological polar surface area (TPSA) is 39.2 Å². The molecule has 4 heteroatoms. The quantitative estimate of drug-likeness (QED) is 0.638. The SMILES string of the molecule is CN.Cl.S.c1ccoc1. The lowest BCUT2D eigenvalue weighted by atomic mass is 10.7. The summed E-state index contributed by atoms with van der Waals surface area (Å²) < 4.78 is 4.58. The fourth-order valence-corrected chi connectivity index (χ4v) is 0.227. The predicted molar refractivity (Wildman–Crippen MR) is 46.4 cm³/mol. The molecule has 1 heterocycles. The third-order valence-electron chi connectivity index (χ3n) is 0.425. The van der Waals surface area contributed by atoms with Gasteiger partial charge in [0.25, 0.3) is 0 Å². The highest BCUT2D eigenvalue weighted by Crippen LogP contribution is 1.79. The average Bonchev–Trinajstić information content (AvgIpc) is 2.23. The molecule has 2 N–H and O–H groups in total. The van der Waals surface area contributed by atoms with Crippen molar-refractivity contribution < 1.29 is 4.42 Å². The van der Waals surface area contributed by atoms with Gasteiger partial charge in [0.1, 0.15) is 0 Å². The summed E-state index contributed by atoms with van der Waals surface area (Å²) in [5.74, 6) is 0. The summed E-state index contributed by atoms with van der Waals surface area (Å²) in [4.78, 5) is 0. The Morgan fingerprint density at radius 3 is 1.56 bits per heavy atom. The second-order valence-corrected chi connectivity index (χ2v) is 0.793. The molecule has 1 rings (SSSR count). The normalized spacial score (nSPS) is 5.11. The highest BCUT2D eigenvalue weighted by molar-refractivity contribution is 7.59. The number of rotatable bonds is 0. The molecule has 0 atom stereocenters. The van der Waals surface area contributed by atoms with Crippen LogP contribution in [0.15, 0.2) is 29.1 Å². The first-order chi connectivity index (χ1) is 3.50. The fourth-order valence-electron chi connectivity index (χ4n) is 0.227. The van der Waals surface area contributed by atoms with Crippen LogP contribution in [-0.2, 0) is 0 Å². The first-order valence-corrected chi connectivity index (χ1v) is 2.05. The Hall–Kier alpha value is -0.120. The molecule has 0 fully saturated rings. The maximum absolute atomic E-state index is 4.58. The van der Waals surface area contributed by atoms with Crippen molar-refractivity contribution >= 4 is 25.9 Å². The smallest absolute Gasteiger partial charge is 0.0902 e. The largest absolute Gasteiger partial charge is 0.473 e. The van der Waals surface area contributed by atoms with Gasteiger partial charge < -0.3 is 10.2 Å². The Kier molecular flexibility index (Phi) is 27.8. The number of nitrogens with two attached hydrogens (primary N) is 1. The molecule has 1 aromatic heterocycles. The van der Waals surface area contributed by atoms with Crippen molar-refractivity contribution in [2.24, 2.45) is 5.73 Å². The highest BCUT2D eigenvalue weighted by atomic mass is 35.5. The van der Waals surface area contributed by atoms with E-state index in [0.717, 1.165) is 0 Å². The van der Waals surface area contributed by atoms with Gasteiger partial charge in [-0.2, -0.15) is 13.5 Å². The van der Waals surface area contributed by atoms with Gasteiger partial charge in [-0.15, -0.1) is 12.4 Å². The molecular weight excluding hydrogens is 158 g/mol. The molecule has 0 aliphatic carbocycles.